The molecule has 1 fully saturated rings. The van der Waals surface area contributed by atoms with Crippen LogP contribution in [0.5, 0.6) is 0 Å². The van der Waals surface area contributed by atoms with Crippen molar-refractivity contribution < 1.29 is 19.1 Å². The number of imide groups is 1. The van der Waals surface area contributed by atoms with E-state index >= 15 is 0 Å². The number of amides is 2. The van der Waals surface area contributed by atoms with E-state index in [4.69, 9.17) is 4.74 Å². The Hall–Kier alpha value is -3.58. The Balaban J connectivity index is 1.68. The highest BCUT2D eigenvalue weighted by Crippen LogP contribution is 2.36. The molecule has 1 saturated heterocycles. The first kappa shape index (κ1) is 21.6. The molecule has 0 saturated carbocycles. The Morgan fingerprint density at radius 1 is 1.00 bits per heavy atom. The van der Waals surface area contributed by atoms with E-state index in [0.717, 1.165) is 34.4 Å². The van der Waals surface area contributed by atoms with Crippen LogP contribution in [0.25, 0.3) is 11.8 Å². The smallest absolute Gasteiger partial charge is 0.338 e. The summed E-state index contributed by atoms with van der Waals surface area (Å²) in [5.41, 5.74) is 4.53. The van der Waals surface area contributed by atoms with Crippen LogP contribution in [0.4, 0.5) is 10.5 Å². The van der Waals surface area contributed by atoms with Crippen LogP contribution in [-0.2, 0) is 9.53 Å². The van der Waals surface area contributed by atoms with Gasteiger partial charge in [0.25, 0.3) is 11.1 Å². The summed E-state index contributed by atoms with van der Waals surface area (Å²) in [5.74, 6) is -0.702. The van der Waals surface area contributed by atoms with Crippen LogP contribution in [0.1, 0.15) is 34.2 Å². The van der Waals surface area contributed by atoms with Gasteiger partial charge in [-0.2, -0.15) is 0 Å². The number of aromatic nitrogens is 1. The Bertz CT molecular complexity index is 1240. The zero-order valence-electron chi connectivity index (χ0n) is 18.0. The monoisotopic (exact) mass is 446 g/mol. The van der Waals surface area contributed by atoms with Gasteiger partial charge in [0.2, 0.25) is 0 Å². The van der Waals surface area contributed by atoms with Gasteiger partial charge in [-0.25, -0.2) is 9.69 Å². The van der Waals surface area contributed by atoms with Crippen LogP contribution in [0.3, 0.4) is 0 Å². The molecule has 1 aromatic heterocycles. The number of aryl methyl sites for hydroxylation is 1. The molecule has 7 heteroatoms. The lowest BCUT2D eigenvalue weighted by molar-refractivity contribution is -0.113. The summed E-state index contributed by atoms with van der Waals surface area (Å²) in [6, 6.07) is 18.1. The van der Waals surface area contributed by atoms with Gasteiger partial charge in [0, 0.05) is 17.1 Å². The molecule has 0 spiro atoms. The van der Waals surface area contributed by atoms with Gasteiger partial charge in [-0.3, -0.25) is 9.59 Å². The second-order valence-electron chi connectivity index (χ2n) is 7.29. The van der Waals surface area contributed by atoms with Gasteiger partial charge in [0.05, 0.1) is 22.8 Å². The molecule has 32 heavy (non-hydrogen) atoms. The van der Waals surface area contributed by atoms with Gasteiger partial charge in [-0.05, 0) is 80.6 Å². The standard InChI is InChI=1S/C25H22N2O4S/c1-4-31-24(29)18-9-8-12-21(14-18)26-16(2)13-19(17(26)3)15-22-23(28)27(25(30)32-22)20-10-6-5-7-11-20/h5-15H,4H2,1-3H3/b22-15-. The van der Waals surface area contributed by atoms with Gasteiger partial charge in [0.1, 0.15) is 0 Å². The summed E-state index contributed by atoms with van der Waals surface area (Å²) in [7, 11) is 0. The van der Waals surface area contributed by atoms with E-state index < -0.39 is 0 Å². The number of esters is 1. The summed E-state index contributed by atoms with van der Waals surface area (Å²) in [4.78, 5) is 39.1. The molecule has 0 aliphatic carbocycles. The second-order valence-corrected chi connectivity index (χ2v) is 8.28. The summed E-state index contributed by atoms with van der Waals surface area (Å²) in [6.45, 7) is 5.98. The number of hydrogen-bond donors (Lipinski definition) is 0. The molecule has 3 aromatic rings. The molecule has 0 bridgehead atoms. The molecule has 2 amide bonds. The number of para-hydroxylation sites is 1. The van der Waals surface area contributed by atoms with E-state index in [1.165, 1.54) is 4.90 Å². The molecule has 1 aliphatic rings. The average molecular weight is 447 g/mol. The maximum Gasteiger partial charge on any atom is 0.338 e. The van der Waals surface area contributed by atoms with E-state index in [1.807, 2.05) is 42.7 Å². The van der Waals surface area contributed by atoms with E-state index in [9.17, 15) is 14.4 Å². The van der Waals surface area contributed by atoms with Crippen LogP contribution in [0.15, 0.2) is 65.6 Å². The van der Waals surface area contributed by atoms with Crippen LogP contribution in [0.2, 0.25) is 0 Å². The molecular weight excluding hydrogens is 424 g/mol. The van der Waals surface area contributed by atoms with Crippen molar-refractivity contribution in [2.75, 3.05) is 11.5 Å². The molecule has 0 radical (unpaired) electrons. The molecule has 6 nitrogen and oxygen atoms in total. The first-order valence-electron chi connectivity index (χ1n) is 10.2. The first-order chi connectivity index (χ1) is 15.4. The van der Waals surface area contributed by atoms with Crippen LogP contribution in [-0.4, -0.2) is 28.3 Å². The molecule has 1 aliphatic heterocycles. The first-order valence-corrected chi connectivity index (χ1v) is 11.0. The summed E-state index contributed by atoms with van der Waals surface area (Å²) >= 11 is 0.931. The van der Waals surface area contributed by atoms with E-state index in [0.29, 0.717) is 22.8 Å². The van der Waals surface area contributed by atoms with E-state index in [-0.39, 0.29) is 17.1 Å². The number of carbonyl (C=O) groups is 3. The number of rotatable bonds is 5. The number of anilines is 1. The fraction of sp³-hybridized carbons (Fsp3) is 0.160. The fourth-order valence-electron chi connectivity index (χ4n) is 3.73. The predicted molar refractivity (Wildman–Crippen MR) is 126 cm³/mol. The number of hydrogen-bond acceptors (Lipinski definition) is 5. The van der Waals surface area contributed by atoms with E-state index in [2.05, 4.69) is 0 Å². The van der Waals surface area contributed by atoms with Crippen LogP contribution < -0.4 is 4.90 Å². The highest BCUT2D eigenvalue weighted by molar-refractivity contribution is 8.19. The van der Waals surface area contributed by atoms with Crippen molar-refractivity contribution in [2.45, 2.75) is 20.8 Å². The topological polar surface area (TPSA) is 68.6 Å². The number of nitrogens with zero attached hydrogens (tertiary/aromatic N) is 2. The SMILES string of the molecule is CCOC(=O)c1cccc(-n2c(C)cc(/C=C3\SC(=O)N(c4ccccc4)C3=O)c2C)c1. The average Bonchev–Trinajstić information content (AvgIpc) is 3.22. The molecule has 2 heterocycles. The molecule has 2 aromatic carbocycles. The predicted octanol–water partition coefficient (Wildman–Crippen LogP) is 5.51. The van der Waals surface area contributed by atoms with E-state index in [1.54, 1.807) is 49.4 Å². The van der Waals surface area contributed by atoms with Crippen molar-refractivity contribution >= 4 is 40.6 Å². The van der Waals surface area contributed by atoms with Crippen molar-refractivity contribution in [3.63, 3.8) is 0 Å². The maximum absolute atomic E-state index is 12.9. The van der Waals surface area contributed by atoms with Gasteiger partial charge >= 0.3 is 5.97 Å². The lowest BCUT2D eigenvalue weighted by atomic mass is 10.2. The summed E-state index contributed by atoms with van der Waals surface area (Å²) in [5, 5.41) is -0.316. The zero-order valence-corrected chi connectivity index (χ0v) is 18.8. The van der Waals surface area contributed by atoms with Crippen molar-refractivity contribution in [2.24, 2.45) is 0 Å². The lowest BCUT2D eigenvalue weighted by Gasteiger charge is -2.12. The maximum atomic E-state index is 12.9. The quantitative estimate of drug-likeness (QED) is 0.382. The van der Waals surface area contributed by atoms with Gasteiger partial charge in [-0.1, -0.05) is 24.3 Å². The van der Waals surface area contributed by atoms with Crippen molar-refractivity contribution in [3.8, 4) is 5.69 Å². The fourth-order valence-corrected chi connectivity index (χ4v) is 4.56. The Labute approximate surface area is 190 Å². The summed E-state index contributed by atoms with van der Waals surface area (Å²) in [6.07, 6.45) is 1.75. The van der Waals surface area contributed by atoms with Crippen LogP contribution in [0, 0.1) is 13.8 Å². The highest BCUT2D eigenvalue weighted by atomic mass is 32.2. The molecule has 0 atom stereocenters. The number of ether oxygens (including phenoxy) is 1. The minimum atomic E-state index is -0.369. The normalized spacial score (nSPS) is 15.0. The molecular formula is C25H22N2O4S. The largest absolute Gasteiger partial charge is 0.462 e. The van der Waals surface area contributed by atoms with Gasteiger partial charge in [-0.15, -0.1) is 0 Å². The molecule has 4 rings (SSSR count). The summed E-state index contributed by atoms with van der Waals surface area (Å²) < 4.78 is 7.12. The number of thioether (sulfide) groups is 1. The van der Waals surface area contributed by atoms with Crippen LogP contribution >= 0.6 is 11.8 Å². The highest BCUT2D eigenvalue weighted by Gasteiger charge is 2.36. The molecule has 0 unspecified atom stereocenters. The lowest BCUT2D eigenvalue weighted by Crippen LogP contribution is -2.27. The zero-order chi connectivity index (χ0) is 22.8. The molecule has 162 valence electrons. The third-order valence-electron chi connectivity index (χ3n) is 5.18. The Kier molecular flexibility index (Phi) is 6.01. The Morgan fingerprint density at radius 2 is 1.72 bits per heavy atom. The minimum absolute atomic E-state index is 0.312. The third kappa shape index (κ3) is 3.99. The van der Waals surface area contributed by atoms with Crippen molar-refractivity contribution in [1.29, 1.82) is 0 Å². The third-order valence-corrected chi connectivity index (χ3v) is 6.05. The Morgan fingerprint density at radius 3 is 2.44 bits per heavy atom. The van der Waals surface area contributed by atoms with Gasteiger partial charge < -0.3 is 9.30 Å². The van der Waals surface area contributed by atoms with Crippen molar-refractivity contribution in [3.05, 3.63) is 88.1 Å². The van der Waals surface area contributed by atoms with Crippen molar-refractivity contribution in [1.82, 2.24) is 4.57 Å². The second kappa shape index (κ2) is 8.88. The minimum Gasteiger partial charge on any atom is -0.462 e. The number of carbonyl (C=O) groups excluding carboxylic acids is 3. The molecule has 0 N–H and O–H groups in total. The number of benzene rings is 2. The van der Waals surface area contributed by atoms with Gasteiger partial charge in [0.15, 0.2) is 0 Å².